The lowest BCUT2D eigenvalue weighted by Gasteiger charge is -2.15. The molecule has 0 atom stereocenters. The topological polar surface area (TPSA) is 48.5 Å². The molecule has 0 N–H and O–H groups in total. The van der Waals surface area contributed by atoms with Crippen LogP contribution < -0.4 is 0 Å². The Balaban J connectivity index is 1.38. The van der Waals surface area contributed by atoms with Crippen LogP contribution in [0.3, 0.4) is 0 Å². The smallest absolute Gasteiger partial charge is 0.145 e. The molecule has 4 heterocycles. The summed E-state index contributed by atoms with van der Waals surface area (Å²) < 4.78 is 4.61. The molecule has 216 valence electrons. The molecule has 5 aromatic carbocycles. The van der Waals surface area contributed by atoms with Gasteiger partial charge in [-0.2, -0.15) is 0 Å². The fourth-order valence-electron chi connectivity index (χ4n) is 6.61. The van der Waals surface area contributed by atoms with E-state index in [0.29, 0.717) is 0 Å². The van der Waals surface area contributed by atoms with Crippen molar-refractivity contribution in [3.8, 4) is 45.1 Å². The van der Waals surface area contributed by atoms with Crippen LogP contribution in [0.1, 0.15) is 0 Å². The summed E-state index contributed by atoms with van der Waals surface area (Å²) in [4.78, 5) is 14.7. The predicted molar refractivity (Wildman–Crippen MR) is 187 cm³/mol. The first-order valence-corrected chi connectivity index (χ1v) is 15.4. The number of benzene rings is 5. The molecule has 0 saturated carbocycles. The van der Waals surface area contributed by atoms with E-state index >= 15 is 0 Å². The van der Waals surface area contributed by atoms with Gasteiger partial charge in [-0.05, 0) is 60.2 Å². The Morgan fingerprint density at radius 1 is 0.435 bits per heavy atom. The lowest BCUT2D eigenvalue weighted by molar-refractivity contribution is 1.10. The zero-order valence-corrected chi connectivity index (χ0v) is 24.8. The van der Waals surface area contributed by atoms with Gasteiger partial charge in [0.15, 0.2) is 0 Å². The van der Waals surface area contributed by atoms with E-state index in [0.717, 1.165) is 67.2 Å². The molecule has 0 spiro atoms. The molecular weight excluding hydrogens is 562 g/mol. The van der Waals surface area contributed by atoms with E-state index < -0.39 is 0 Å². The molecule has 0 aliphatic heterocycles. The summed E-state index contributed by atoms with van der Waals surface area (Å²) in [6.07, 6.45) is 5.62. The van der Waals surface area contributed by atoms with Gasteiger partial charge < -0.3 is 4.57 Å². The van der Waals surface area contributed by atoms with Gasteiger partial charge in [-0.25, -0.2) is 4.98 Å². The van der Waals surface area contributed by atoms with Crippen LogP contribution in [-0.4, -0.2) is 24.1 Å². The number of hydrogen-bond acceptors (Lipinski definition) is 3. The molecule has 0 saturated heterocycles. The summed E-state index contributed by atoms with van der Waals surface area (Å²) in [7, 11) is 0. The molecule has 46 heavy (non-hydrogen) atoms. The van der Waals surface area contributed by atoms with E-state index in [1.54, 1.807) is 0 Å². The molecule has 9 aromatic rings. The van der Waals surface area contributed by atoms with Crippen molar-refractivity contribution in [2.75, 3.05) is 0 Å². The van der Waals surface area contributed by atoms with Crippen LogP contribution in [0.15, 0.2) is 164 Å². The summed E-state index contributed by atoms with van der Waals surface area (Å²) in [5, 5.41) is 2.45. The standard InChI is InChI=1S/C41H27N5/c1-3-12-28(13-4-1)39-40-38(21-23-43-39)46(32-15-5-2-6-16-32)41(44-40)31-24-30(29-14-11-22-42-27-29)25-33(26-31)45-36-19-9-7-17-34(36)35-18-8-10-20-37(35)45/h1-27H. The van der Waals surface area contributed by atoms with Crippen LogP contribution in [-0.2, 0) is 0 Å². The lowest BCUT2D eigenvalue weighted by Crippen LogP contribution is -2.00. The first-order chi connectivity index (χ1) is 22.8. The van der Waals surface area contributed by atoms with Crippen molar-refractivity contribution in [1.29, 1.82) is 0 Å². The number of aromatic nitrogens is 5. The highest BCUT2D eigenvalue weighted by atomic mass is 15.1. The van der Waals surface area contributed by atoms with Crippen LogP contribution in [0.4, 0.5) is 0 Å². The van der Waals surface area contributed by atoms with Crippen LogP contribution in [0.2, 0.25) is 0 Å². The van der Waals surface area contributed by atoms with Crippen molar-refractivity contribution in [1.82, 2.24) is 24.1 Å². The zero-order chi connectivity index (χ0) is 30.5. The van der Waals surface area contributed by atoms with Gasteiger partial charge in [0.2, 0.25) is 0 Å². The zero-order valence-electron chi connectivity index (χ0n) is 24.8. The Labute approximate surface area is 265 Å². The second kappa shape index (κ2) is 10.7. The number of pyridine rings is 2. The number of rotatable bonds is 5. The van der Waals surface area contributed by atoms with Crippen molar-refractivity contribution in [2.24, 2.45) is 0 Å². The fourth-order valence-corrected chi connectivity index (χ4v) is 6.61. The summed E-state index contributed by atoms with van der Waals surface area (Å²) in [5.41, 5.74) is 11.3. The van der Waals surface area contributed by atoms with Gasteiger partial charge in [0.05, 0.1) is 22.2 Å². The van der Waals surface area contributed by atoms with Gasteiger partial charge >= 0.3 is 0 Å². The molecule has 0 unspecified atom stereocenters. The average Bonchev–Trinajstić information content (AvgIpc) is 3.69. The molecule has 0 radical (unpaired) electrons. The monoisotopic (exact) mass is 589 g/mol. The second-order valence-corrected chi connectivity index (χ2v) is 11.4. The Morgan fingerprint density at radius 2 is 1.09 bits per heavy atom. The summed E-state index contributed by atoms with van der Waals surface area (Å²) in [6.45, 7) is 0. The predicted octanol–water partition coefficient (Wildman–Crippen LogP) is 9.91. The minimum atomic E-state index is 0.846. The molecule has 0 aliphatic rings. The largest absolute Gasteiger partial charge is 0.309 e. The second-order valence-electron chi connectivity index (χ2n) is 11.4. The Kier molecular flexibility index (Phi) is 6.06. The number of para-hydroxylation sites is 3. The molecule has 0 bridgehead atoms. The van der Waals surface area contributed by atoms with E-state index in [1.165, 1.54) is 10.8 Å². The Hall–Kier alpha value is -6.33. The van der Waals surface area contributed by atoms with Crippen molar-refractivity contribution in [2.45, 2.75) is 0 Å². The van der Waals surface area contributed by atoms with Crippen molar-refractivity contribution in [3.63, 3.8) is 0 Å². The van der Waals surface area contributed by atoms with E-state index in [-0.39, 0.29) is 0 Å². The molecule has 0 fully saturated rings. The van der Waals surface area contributed by atoms with E-state index in [1.807, 2.05) is 48.9 Å². The first-order valence-electron chi connectivity index (χ1n) is 15.4. The maximum Gasteiger partial charge on any atom is 0.145 e. The van der Waals surface area contributed by atoms with Crippen LogP contribution in [0.25, 0.3) is 78.0 Å². The van der Waals surface area contributed by atoms with Crippen LogP contribution in [0.5, 0.6) is 0 Å². The van der Waals surface area contributed by atoms with E-state index in [9.17, 15) is 0 Å². The molecule has 0 amide bonds. The third-order valence-electron chi connectivity index (χ3n) is 8.64. The van der Waals surface area contributed by atoms with E-state index in [4.69, 9.17) is 9.97 Å². The summed E-state index contributed by atoms with van der Waals surface area (Å²) in [5.74, 6) is 0.846. The highest BCUT2D eigenvalue weighted by Crippen LogP contribution is 2.38. The highest BCUT2D eigenvalue weighted by molar-refractivity contribution is 6.09. The lowest BCUT2D eigenvalue weighted by atomic mass is 10.0. The van der Waals surface area contributed by atoms with Gasteiger partial charge in [0.25, 0.3) is 0 Å². The minimum absolute atomic E-state index is 0.846. The number of nitrogens with zero attached hydrogens (tertiary/aromatic N) is 5. The maximum absolute atomic E-state index is 5.39. The Bertz CT molecular complexity index is 2460. The summed E-state index contributed by atoms with van der Waals surface area (Å²) >= 11 is 0. The third kappa shape index (κ3) is 4.21. The molecule has 0 aliphatic carbocycles. The van der Waals surface area contributed by atoms with Crippen LogP contribution in [0, 0.1) is 0 Å². The number of fused-ring (bicyclic) bond motifs is 4. The Morgan fingerprint density at radius 3 is 1.80 bits per heavy atom. The molecule has 5 heteroatoms. The maximum atomic E-state index is 5.39. The normalized spacial score (nSPS) is 11.5. The van der Waals surface area contributed by atoms with Gasteiger partial charge in [-0.15, -0.1) is 0 Å². The SMILES string of the molecule is c1ccc(-c2nccc3c2nc(-c2cc(-c4cccnc4)cc(-n4c5ccccc5c5ccccc54)c2)n3-c2ccccc2)cc1. The van der Waals surface area contributed by atoms with Gasteiger partial charge in [-0.3, -0.25) is 14.5 Å². The van der Waals surface area contributed by atoms with Gasteiger partial charge in [-0.1, -0.05) is 91.0 Å². The quantitative estimate of drug-likeness (QED) is 0.201. The molecule has 4 aromatic heterocycles. The molecule has 9 rings (SSSR count). The van der Waals surface area contributed by atoms with Crippen molar-refractivity contribution in [3.05, 3.63) is 164 Å². The number of hydrogen-bond donors (Lipinski definition) is 0. The van der Waals surface area contributed by atoms with Gasteiger partial charge in [0.1, 0.15) is 11.3 Å². The van der Waals surface area contributed by atoms with Crippen molar-refractivity contribution < 1.29 is 0 Å². The number of imidazole rings is 1. The van der Waals surface area contributed by atoms with Gasteiger partial charge in [0, 0.05) is 57.4 Å². The third-order valence-corrected chi connectivity index (χ3v) is 8.64. The molecule has 5 nitrogen and oxygen atoms in total. The summed E-state index contributed by atoms with van der Waals surface area (Å²) in [6, 6.07) is 50.9. The fraction of sp³-hybridized carbons (Fsp3) is 0. The average molecular weight is 590 g/mol. The van der Waals surface area contributed by atoms with Crippen molar-refractivity contribution >= 4 is 32.8 Å². The molecular formula is C41H27N5. The minimum Gasteiger partial charge on any atom is -0.309 e. The van der Waals surface area contributed by atoms with Crippen LogP contribution >= 0.6 is 0 Å². The first kappa shape index (κ1) is 26.1. The highest BCUT2D eigenvalue weighted by Gasteiger charge is 2.21. The van der Waals surface area contributed by atoms with E-state index in [2.05, 4.69) is 129 Å².